The SMILES string of the molecule is CC(C)(C)C1C(=O)NC(C2CC2)C(=O)N1Cc1ccsc1. The van der Waals surface area contributed by atoms with Crippen LogP contribution in [0.2, 0.25) is 0 Å². The van der Waals surface area contributed by atoms with Crippen LogP contribution < -0.4 is 5.32 Å². The van der Waals surface area contributed by atoms with Crippen molar-refractivity contribution in [3.05, 3.63) is 22.4 Å². The van der Waals surface area contributed by atoms with Crippen LogP contribution >= 0.6 is 11.3 Å². The summed E-state index contributed by atoms with van der Waals surface area (Å²) in [6.45, 7) is 6.58. The molecule has 2 aliphatic rings. The lowest BCUT2D eigenvalue weighted by Crippen LogP contribution is -2.66. The third-order valence-electron chi connectivity index (χ3n) is 4.25. The number of amides is 2. The van der Waals surface area contributed by atoms with Gasteiger partial charge in [0.05, 0.1) is 0 Å². The molecule has 114 valence electrons. The van der Waals surface area contributed by atoms with Crippen molar-refractivity contribution >= 4 is 23.2 Å². The molecule has 2 unspecified atom stereocenters. The van der Waals surface area contributed by atoms with Gasteiger partial charge >= 0.3 is 0 Å². The molecule has 0 radical (unpaired) electrons. The number of piperazine rings is 1. The van der Waals surface area contributed by atoms with E-state index in [0.717, 1.165) is 18.4 Å². The highest BCUT2D eigenvalue weighted by molar-refractivity contribution is 7.07. The minimum Gasteiger partial charge on any atom is -0.342 e. The average Bonchev–Trinajstić information content (AvgIpc) is 3.10. The molecule has 3 rings (SSSR count). The van der Waals surface area contributed by atoms with E-state index in [2.05, 4.69) is 5.32 Å². The molecule has 2 amide bonds. The third kappa shape index (κ3) is 2.84. The van der Waals surface area contributed by atoms with Crippen LogP contribution in [0.5, 0.6) is 0 Å². The summed E-state index contributed by atoms with van der Waals surface area (Å²) < 4.78 is 0. The second-order valence-electron chi connectivity index (χ2n) is 7.19. The largest absolute Gasteiger partial charge is 0.342 e. The van der Waals surface area contributed by atoms with E-state index in [9.17, 15) is 9.59 Å². The van der Waals surface area contributed by atoms with Gasteiger partial charge in [0.15, 0.2) is 0 Å². The molecule has 1 aliphatic heterocycles. The summed E-state index contributed by atoms with van der Waals surface area (Å²) in [7, 11) is 0. The minimum atomic E-state index is -0.403. The second kappa shape index (κ2) is 5.13. The zero-order chi connectivity index (χ0) is 15.2. The zero-order valence-electron chi connectivity index (χ0n) is 12.8. The van der Waals surface area contributed by atoms with Crippen molar-refractivity contribution in [2.75, 3.05) is 0 Å². The molecule has 0 bridgehead atoms. The second-order valence-corrected chi connectivity index (χ2v) is 7.97. The van der Waals surface area contributed by atoms with E-state index in [-0.39, 0.29) is 23.3 Å². The predicted molar refractivity (Wildman–Crippen MR) is 82.8 cm³/mol. The van der Waals surface area contributed by atoms with Gasteiger partial charge in [0.1, 0.15) is 12.1 Å². The first-order valence-electron chi connectivity index (χ1n) is 7.50. The number of hydrogen-bond donors (Lipinski definition) is 1. The maximum Gasteiger partial charge on any atom is 0.246 e. The molecule has 1 N–H and O–H groups in total. The van der Waals surface area contributed by atoms with Crippen molar-refractivity contribution in [2.24, 2.45) is 11.3 Å². The highest BCUT2D eigenvalue weighted by Gasteiger charge is 2.50. The van der Waals surface area contributed by atoms with Crippen LogP contribution in [0.1, 0.15) is 39.2 Å². The normalized spacial score (nSPS) is 26.9. The van der Waals surface area contributed by atoms with E-state index >= 15 is 0 Å². The van der Waals surface area contributed by atoms with Crippen molar-refractivity contribution in [3.63, 3.8) is 0 Å². The molecule has 4 nitrogen and oxygen atoms in total. The molecule has 1 saturated carbocycles. The molecular weight excluding hydrogens is 284 g/mol. The Morgan fingerprint density at radius 1 is 1.33 bits per heavy atom. The number of hydrogen-bond acceptors (Lipinski definition) is 3. The van der Waals surface area contributed by atoms with Crippen LogP contribution in [0.3, 0.4) is 0 Å². The van der Waals surface area contributed by atoms with Crippen molar-refractivity contribution in [1.29, 1.82) is 0 Å². The molecule has 2 heterocycles. The number of carbonyl (C=O) groups is 2. The maximum atomic E-state index is 12.9. The van der Waals surface area contributed by atoms with Gasteiger partial charge in [-0.3, -0.25) is 9.59 Å². The predicted octanol–water partition coefficient (Wildman–Crippen LogP) is 2.40. The van der Waals surface area contributed by atoms with Crippen molar-refractivity contribution in [1.82, 2.24) is 10.2 Å². The fourth-order valence-corrected chi connectivity index (χ4v) is 3.76. The highest BCUT2D eigenvalue weighted by Crippen LogP contribution is 2.37. The summed E-state index contributed by atoms with van der Waals surface area (Å²) in [6.07, 6.45) is 2.09. The Labute approximate surface area is 129 Å². The molecule has 2 atom stereocenters. The molecule has 21 heavy (non-hydrogen) atoms. The van der Waals surface area contributed by atoms with E-state index in [0.29, 0.717) is 12.5 Å². The first-order chi connectivity index (χ1) is 9.88. The van der Waals surface area contributed by atoms with E-state index < -0.39 is 6.04 Å². The van der Waals surface area contributed by atoms with Gasteiger partial charge in [0.25, 0.3) is 0 Å². The molecule has 1 aromatic rings. The Morgan fingerprint density at radius 3 is 2.57 bits per heavy atom. The van der Waals surface area contributed by atoms with Crippen molar-refractivity contribution < 1.29 is 9.59 Å². The van der Waals surface area contributed by atoms with E-state index in [1.807, 2.05) is 37.6 Å². The number of carbonyl (C=O) groups excluding carboxylic acids is 2. The summed E-state index contributed by atoms with van der Waals surface area (Å²) in [4.78, 5) is 27.2. The van der Waals surface area contributed by atoms with Crippen molar-refractivity contribution in [3.8, 4) is 0 Å². The fraction of sp³-hybridized carbons (Fsp3) is 0.625. The van der Waals surface area contributed by atoms with Crippen LogP contribution in [-0.2, 0) is 16.1 Å². The van der Waals surface area contributed by atoms with Gasteiger partial charge in [-0.15, -0.1) is 0 Å². The van der Waals surface area contributed by atoms with E-state index in [4.69, 9.17) is 0 Å². The Balaban J connectivity index is 1.90. The topological polar surface area (TPSA) is 49.4 Å². The number of nitrogens with zero attached hydrogens (tertiary/aromatic N) is 1. The molecule has 1 saturated heterocycles. The van der Waals surface area contributed by atoms with Crippen LogP contribution in [0.25, 0.3) is 0 Å². The number of nitrogens with one attached hydrogen (secondary N) is 1. The fourth-order valence-electron chi connectivity index (χ4n) is 3.10. The van der Waals surface area contributed by atoms with Gasteiger partial charge in [-0.1, -0.05) is 20.8 Å². The Morgan fingerprint density at radius 2 is 2.05 bits per heavy atom. The molecular formula is C16H22N2O2S. The van der Waals surface area contributed by atoms with E-state index in [1.54, 1.807) is 16.2 Å². The van der Waals surface area contributed by atoms with Crippen LogP contribution in [0, 0.1) is 11.3 Å². The maximum absolute atomic E-state index is 12.9. The minimum absolute atomic E-state index is 0.00534. The van der Waals surface area contributed by atoms with Crippen LogP contribution in [0.15, 0.2) is 16.8 Å². The third-order valence-corrected chi connectivity index (χ3v) is 4.99. The summed E-state index contributed by atoms with van der Waals surface area (Å²) in [5, 5.41) is 7.02. The first-order valence-corrected chi connectivity index (χ1v) is 8.44. The van der Waals surface area contributed by atoms with Crippen LogP contribution in [0.4, 0.5) is 0 Å². The smallest absolute Gasteiger partial charge is 0.246 e. The standard InChI is InChI=1S/C16H22N2O2S/c1-16(2,3)13-14(19)17-12(11-4-5-11)15(20)18(13)8-10-6-7-21-9-10/h6-7,9,11-13H,4-5,8H2,1-3H3,(H,17,19). The Kier molecular flexibility index (Phi) is 3.56. The van der Waals surface area contributed by atoms with Gasteiger partial charge in [-0.25, -0.2) is 0 Å². The summed E-state index contributed by atoms with van der Waals surface area (Å²) in [5.74, 6) is 0.421. The van der Waals surface area contributed by atoms with Crippen molar-refractivity contribution in [2.45, 2.75) is 52.2 Å². The molecule has 1 aliphatic carbocycles. The Bertz CT molecular complexity index is 543. The number of rotatable bonds is 3. The lowest BCUT2D eigenvalue weighted by molar-refractivity contribution is -0.155. The lowest BCUT2D eigenvalue weighted by atomic mass is 9.82. The molecule has 2 fully saturated rings. The summed E-state index contributed by atoms with van der Waals surface area (Å²) in [6, 6.07) is 1.31. The molecule has 5 heteroatoms. The highest BCUT2D eigenvalue weighted by atomic mass is 32.1. The first kappa shape index (κ1) is 14.6. The zero-order valence-corrected chi connectivity index (χ0v) is 13.6. The van der Waals surface area contributed by atoms with Gasteiger partial charge < -0.3 is 10.2 Å². The summed E-state index contributed by atoms with van der Waals surface area (Å²) >= 11 is 1.62. The van der Waals surface area contributed by atoms with E-state index in [1.165, 1.54) is 0 Å². The average molecular weight is 306 g/mol. The quantitative estimate of drug-likeness (QED) is 0.932. The van der Waals surface area contributed by atoms with Gasteiger partial charge in [-0.2, -0.15) is 11.3 Å². The monoisotopic (exact) mass is 306 g/mol. The number of thiophene rings is 1. The van der Waals surface area contributed by atoms with Gasteiger partial charge in [-0.05, 0) is 46.6 Å². The summed E-state index contributed by atoms with van der Waals surface area (Å²) in [5.41, 5.74) is 0.830. The molecule has 0 spiro atoms. The lowest BCUT2D eigenvalue weighted by Gasteiger charge is -2.44. The van der Waals surface area contributed by atoms with Gasteiger partial charge in [0, 0.05) is 6.54 Å². The van der Waals surface area contributed by atoms with Crippen LogP contribution in [-0.4, -0.2) is 28.8 Å². The molecule has 1 aromatic heterocycles. The Hall–Kier alpha value is -1.36. The molecule has 0 aromatic carbocycles. The van der Waals surface area contributed by atoms with Gasteiger partial charge in [0.2, 0.25) is 11.8 Å².